The lowest BCUT2D eigenvalue weighted by Crippen LogP contribution is -2.15. The average Bonchev–Trinajstić information content (AvgIpc) is 2.97. The molecular formula is C35H51FO4. The lowest BCUT2D eigenvalue weighted by molar-refractivity contribution is 0.0734. The SMILES string of the molecule is CCCCCCCCOc1ccc(C(=O)Oc2ccc(OCCCC3CCC(CCCCC)CC3)cc2)cc1F. The summed E-state index contributed by atoms with van der Waals surface area (Å²) in [7, 11) is 0. The maximum absolute atomic E-state index is 14.5. The minimum absolute atomic E-state index is 0.153. The van der Waals surface area contributed by atoms with E-state index in [9.17, 15) is 9.18 Å². The van der Waals surface area contributed by atoms with Crippen molar-refractivity contribution in [2.75, 3.05) is 13.2 Å². The molecule has 0 spiro atoms. The normalized spacial score (nSPS) is 17.0. The van der Waals surface area contributed by atoms with Crippen LogP contribution >= 0.6 is 0 Å². The highest BCUT2D eigenvalue weighted by Crippen LogP contribution is 2.34. The Labute approximate surface area is 242 Å². The van der Waals surface area contributed by atoms with E-state index in [0.717, 1.165) is 36.8 Å². The molecule has 0 N–H and O–H groups in total. The molecule has 222 valence electrons. The van der Waals surface area contributed by atoms with Gasteiger partial charge in [0.25, 0.3) is 0 Å². The van der Waals surface area contributed by atoms with Crippen LogP contribution in [0.25, 0.3) is 0 Å². The van der Waals surface area contributed by atoms with Crippen molar-refractivity contribution in [1.82, 2.24) is 0 Å². The topological polar surface area (TPSA) is 44.8 Å². The van der Waals surface area contributed by atoms with Crippen molar-refractivity contribution in [2.24, 2.45) is 11.8 Å². The predicted molar refractivity (Wildman–Crippen MR) is 161 cm³/mol. The van der Waals surface area contributed by atoms with Gasteiger partial charge in [-0.25, -0.2) is 9.18 Å². The monoisotopic (exact) mass is 554 g/mol. The molecular weight excluding hydrogens is 503 g/mol. The summed E-state index contributed by atoms with van der Waals surface area (Å²) >= 11 is 0. The quantitative estimate of drug-likeness (QED) is 0.0984. The van der Waals surface area contributed by atoms with E-state index in [4.69, 9.17) is 14.2 Å². The number of hydrogen-bond donors (Lipinski definition) is 0. The van der Waals surface area contributed by atoms with Crippen LogP contribution in [0.3, 0.4) is 0 Å². The van der Waals surface area contributed by atoms with Crippen LogP contribution in [-0.2, 0) is 0 Å². The van der Waals surface area contributed by atoms with Gasteiger partial charge in [-0.1, -0.05) is 97.3 Å². The number of unbranched alkanes of at least 4 members (excludes halogenated alkanes) is 7. The maximum Gasteiger partial charge on any atom is 0.343 e. The third-order valence-corrected chi connectivity index (χ3v) is 8.17. The Hall–Kier alpha value is -2.56. The molecule has 4 nitrogen and oxygen atoms in total. The van der Waals surface area contributed by atoms with E-state index in [1.807, 2.05) is 12.1 Å². The Bertz CT molecular complexity index is 966. The molecule has 0 unspecified atom stereocenters. The number of rotatable bonds is 19. The van der Waals surface area contributed by atoms with E-state index in [0.29, 0.717) is 19.0 Å². The first-order chi connectivity index (χ1) is 19.6. The van der Waals surface area contributed by atoms with Crippen LogP contribution in [0.1, 0.15) is 127 Å². The van der Waals surface area contributed by atoms with Gasteiger partial charge in [-0.3, -0.25) is 0 Å². The van der Waals surface area contributed by atoms with Crippen molar-refractivity contribution >= 4 is 5.97 Å². The van der Waals surface area contributed by atoms with Crippen molar-refractivity contribution in [3.8, 4) is 17.2 Å². The van der Waals surface area contributed by atoms with E-state index in [1.165, 1.54) is 95.6 Å². The molecule has 0 bridgehead atoms. The first-order valence-electron chi connectivity index (χ1n) is 16.0. The van der Waals surface area contributed by atoms with Gasteiger partial charge in [0.05, 0.1) is 18.8 Å². The summed E-state index contributed by atoms with van der Waals surface area (Å²) in [6.45, 7) is 5.64. The molecule has 0 amide bonds. The molecule has 0 heterocycles. The van der Waals surface area contributed by atoms with Gasteiger partial charge in [-0.05, 0) is 73.6 Å². The fraction of sp³-hybridized carbons (Fsp3) is 0.629. The number of carbonyl (C=O) groups is 1. The van der Waals surface area contributed by atoms with Crippen LogP contribution < -0.4 is 14.2 Å². The van der Waals surface area contributed by atoms with Crippen LogP contribution in [0.2, 0.25) is 0 Å². The zero-order valence-electron chi connectivity index (χ0n) is 24.9. The van der Waals surface area contributed by atoms with E-state index in [-0.39, 0.29) is 11.3 Å². The highest BCUT2D eigenvalue weighted by Gasteiger charge is 2.20. The summed E-state index contributed by atoms with van der Waals surface area (Å²) in [5.41, 5.74) is 0.153. The Morgan fingerprint density at radius 3 is 1.95 bits per heavy atom. The number of benzene rings is 2. The van der Waals surface area contributed by atoms with Crippen LogP contribution in [-0.4, -0.2) is 19.2 Å². The zero-order valence-corrected chi connectivity index (χ0v) is 24.9. The Morgan fingerprint density at radius 1 is 0.700 bits per heavy atom. The number of ether oxygens (including phenoxy) is 3. The number of esters is 1. The second kappa shape index (κ2) is 18.7. The number of carbonyl (C=O) groups excluding carboxylic acids is 1. The molecule has 0 atom stereocenters. The summed E-state index contributed by atoms with van der Waals surface area (Å²) in [5.74, 6) is 1.98. The van der Waals surface area contributed by atoms with Gasteiger partial charge in [0.15, 0.2) is 11.6 Å². The second-order valence-electron chi connectivity index (χ2n) is 11.5. The van der Waals surface area contributed by atoms with Crippen molar-refractivity contribution in [3.05, 3.63) is 53.8 Å². The number of hydrogen-bond acceptors (Lipinski definition) is 4. The van der Waals surface area contributed by atoms with Gasteiger partial charge in [0, 0.05) is 0 Å². The number of halogens is 1. The summed E-state index contributed by atoms with van der Waals surface area (Å²) in [4.78, 5) is 12.5. The highest BCUT2D eigenvalue weighted by atomic mass is 19.1. The average molecular weight is 555 g/mol. The van der Waals surface area contributed by atoms with E-state index >= 15 is 0 Å². The van der Waals surface area contributed by atoms with Gasteiger partial charge in [0.2, 0.25) is 0 Å². The van der Waals surface area contributed by atoms with Gasteiger partial charge in [0.1, 0.15) is 11.5 Å². The first-order valence-corrected chi connectivity index (χ1v) is 16.0. The third-order valence-electron chi connectivity index (χ3n) is 8.17. The largest absolute Gasteiger partial charge is 0.494 e. The molecule has 2 aromatic rings. The van der Waals surface area contributed by atoms with Gasteiger partial charge < -0.3 is 14.2 Å². The minimum atomic E-state index is -0.602. The summed E-state index contributed by atoms with van der Waals surface area (Å²) in [5, 5.41) is 0. The molecule has 0 aromatic heterocycles. The van der Waals surface area contributed by atoms with Gasteiger partial charge in [-0.15, -0.1) is 0 Å². The third kappa shape index (κ3) is 11.9. The zero-order chi connectivity index (χ0) is 28.4. The molecule has 1 aliphatic carbocycles. The minimum Gasteiger partial charge on any atom is -0.494 e. The van der Waals surface area contributed by atoms with Crippen LogP contribution in [0.15, 0.2) is 42.5 Å². The summed E-state index contributed by atoms with van der Waals surface area (Å²) in [6.07, 6.45) is 20.2. The van der Waals surface area contributed by atoms with Crippen LogP contribution in [0.4, 0.5) is 4.39 Å². The van der Waals surface area contributed by atoms with Crippen molar-refractivity contribution in [1.29, 1.82) is 0 Å². The Kier molecular flexibility index (Phi) is 15.0. The van der Waals surface area contributed by atoms with Gasteiger partial charge in [-0.2, -0.15) is 0 Å². The molecule has 2 aromatic carbocycles. The Morgan fingerprint density at radius 2 is 1.27 bits per heavy atom. The molecule has 0 saturated heterocycles. The van der Waals surface area contributed by atoms with Crippen molar-refractivity contribution in [2.45, 2.75) is 117 Å². The molecule has 1 aliphatic rings. The van der Waals surface area contributed by atoms with Crippen LogP contribution in [0, 0.1) is 17.7 Å². The fourth-order valence-electron chi connectivity index (χ4n) is 5.63. The molecule has 40 heavy (non-hydrogen) atoms. The van der Waals surface area contributed by atoms with E-state index in [1.54, 1.807) is 18.2 Å². The maximum atomic E-state index is 14.5. The van der Waals surface area contributed by atoms with E-state index < -0.39 is 11.8 Å². The van der Waals surface area contributed by atoms with Crippen LogP contribution in [0.5, 0.6) is 17.2 Å². The van der Waals surface area contributed by atoms with Gasteiger partial charge >= 0.3 is 5.97 Å². The summed E-state index contributed by atoms with van der Waals surface area (Å²) in [6, 6.07) is 11.3. The standard InChI is InChI=1S/C35H51FO4/c1-3-5-7-8-9-11-25-39-34-24-19-30(27-33(34)36)35(37)40-32-22-20-31(21-23-32)38-26-12-14-29-17-15-28(16-18-29)13-10-6-4-2/h19-24,27-29H,3-18,25-26H2,1-2H3. The lowest BCUT2D eigenvalue weighted by atomic mass is 9.78. The Balaban J connectivity index is 1.31. The fourth-order valence-corrected chi connectivity index (χ4v) is 5.63. The van der Waals surface area contributed by atoms with Crippen molar-refractivity contribution in [3.63, 3.8) is 0 Å². The molecule has 0 radical (unpaired) electrons. The smallest absolute Gasteiger partial charge is 0.343 e. The molecule has 1 fully saturated rings. The molecule has 0 aliphatic heterocycles. The van der Waals surface area contributed by atoms with Crippen molar-refractivity contribution < 1.29 is 23.4 Å². The second-order valence-corrected chi connectivity index (χ2v) is 11.5. The molecule has 3 rings (SSSR count). The first kappa shape index (κ1) is 32.0. The molecule has 1 saturated carbocycles. The molecule has 5 heteroatoms. The lowest BCUT2D eigenvalue weighted by Gasteiger charge is -2.28. The van der Waals surface area contributed by atoms with E-state index in [2.05, 4.69) is 13.8 Å². The summed E-state index contributed by atoms with van der Waals surface area (Å²) < 4.78 is 31.4. The highest BCUT2D eigenvalue weighted by molar-refractivity contribution is 5.91. The predicted octanol–water partition coefficient (Wildman–Crippen LogP) is 10.3.